The van der Waals surface area contributed by atoms with E-state index >= 15 is 0 Å². The second-order valence-corrected chi connectivity index (χ2v) is 8.08. The summed E-state index contributed by atoms with van der Waals surface area (Å²) < 4.78 is 5.65. The number of nitrogens with zero attached hydrogens (tertiary/aromatic N) is 2. The summed E-state index contributed by atoms with van der Waals surface area (Å²) in [5.74, 6) is 0.840. The van der Waals surface area contributed by atoms with E-state index in [4.69, 9.17) is 4.74 Å². The molecule has 0 aromatic heterocycles. The maximum absolute atomic E-state index is 12.2. The zero-order chi connectivity index (χ0) is 20.5. The van der Waals surface area contributed by atoms with Crippen LogP contribution in [0.1, 0.15) is 43.4 Å². The molecule has 6 heteroatoms. The average Bonchev–Trinajstić information content (AvgIpc) is 3.09. The van der Waals surface area contributed by atoms with Crippen molar-refractivity contribution in [2.45, 2.75) is 44.8 Å². The first-order chi connectivity index (χ1) is 14.2. The number of hydrogen-bond acceptors (Lipinski definition) is 5. The van der Waals surface area contributed by atoms with Crippen LogP contribution in [0.2, 0.25) is 0 Å². The highest BCUT2D eigenvalue weighted by Gasteiger charge is 2.30. The summed E-state index contributed by atoms with van der Waals surface area (Å²) in [6.45, 7) is 5.01. The average molecular weight is 410 g/mol. The lowest BCUT2D eigenvalue weighted by Crippen LogP contribution is -2.25. The Bertz CT molecular complexity index is 861. The van der Waals surface area contributed by atoms with Crippen LogP contribution in [-0.4, -0.2) is 29.1 Å². The smallest absolute Gasteiger partial charge is 0.239 e. The molecule has 0 saturated carbocycles. The Kier molecular flexibility index (Phi) is 7.87. The molecule has 1 aliphatic heterocycles. The van der Waals surface area contributed by atoms with E-state index < -0.39 is 0 Å². The molecule has 1 aliphatic rings. The van der Waals surface area contributed by atoms with Gasteiger partial charge in [-0.05, 0) is 60.2 Å². The molecule has 1 N–H and O–H groups in total. The van der Waals surface area contributed by atoms with Gasteiger partial charge >= 0.3 is 0 Å². The Balaban J connectivity index is 1.52. The summed E-state index contributed by atoms with van der Waals surface area (Å²) in [7, 11) is 0. The first kappa shape index (κ1) is 21.1. The molecule has 1 atom stereocenters. The van der Waals surface area contributed by atoms with Crippen LogP contribution in [0.25, 0.3) is 0 Å². The second-order valence-electron chi connectivity index (χ2n) is 6.89. The fraction of sp³-hybridized carbons (Fsp3) is 0.348. The van der Waals surface area contributed by atoms with Crippen LogP contribution in [0.4, 0.5) is 0 Å². The second kappa shape index (κ2) is 10.8. The molecule has 0 spiro atoms. The molecule has 3 rings (SSSR count). The molecule has 0 bridgehead atoms. The van der Waals surface area contributed by atoms with Crippen molar-refractivity contribution in [2.24, 2.45) is 10.2 Å². The Morgan fingerprint density at radius 3 is 2.48 bits per heavy atom. The summed E-state index contributed by atoms with van der Waals surface area (Å²) in [5, 5.41) is 11.5. The fourth-order valence-electron chi connectivity index (χ4n) is 2.84. The number of ether oxygens (including phenoxy) is 1. The molecule has 5 nitrogen and oxygen atoms in total. The number of amides is 1. The topological polar surface area (TPSA) is 63.1 Å². The number of nitrogens with one attached hydrogen (secondary N) is 1. The van der Waals surface area contributed by atoms with Crippen molar-refractivity contribution in [3.05, 3.63) is 65.2 Å². The summed E-state index contributed by atoms with van der Waals surface area (Å²) in [4.78, 5) is 12.2. The van der Waals surface area contributed by atoms with Gasteiger partial charge in [0.15, 0.2) is 5.17 Å². The summed E-state index contributed by atoms with van der Waals surface area (Å²) >= 11 is 1.43. The number of thioether (sulfide) groups is 1. The minimum Gasteiger partial charge on any atom is -0.494 e. The van der Waals surface area contributed by atoms with Gasteiger partial charge in [0, 0.05) is 0 Å². The molecule has 29 heavy (non-hydrogen) atoms. The lowest BCUT2D eigenvalue weighted by Gasteiger charge is -2.06. The van der Waals surface area contributed by atoms with Gasteiger partial charge in [0.25, 0.3) is 0 Å². The quantitative estimate of drug-likeness (QED) is 0.374. The number of amidine groups is 1. The van der Waals surface area contributed by atoms with Crippen LogP contribution in [0, 0.1) is 0 Å². The van der Waals surface area contributed by atoms with E-state index in [1.807, 2.05) is 24.3 Å². The van der Waals surface area contributed by atoms with E-state index in [0.717, 1.165) is 42.7 Å². The third-order valence-electron chi connectivity index (χ3n) is 4.63. The molecule has 1 amide bonds. The van der Waals surface area contributed by atoms with Gasteiger partial charge in [0.1, 0.15) is 5.75 Å². The van der Waals surface area contributed by atoms with Crippen LogP contribution >= 0.6 is 11.8 Å². The maximum atomic E-state index is 12.2. The van der Waals surface area contributed by atoms with Gasteiger partial charge in [-0.1, -0.05) is 56.3 Å². The molecule has 0 radical (unpaired) electrons. The van der Waals surface area contributed by atoms with Crippen molar-refractivity contribution >= 4 is 29.1 Å². The van der Waals surface area contributed by atoms with Gasteiger partial charge in [-0.2, -0.15) is 5.10 Å². The van der Waals surface area contributed by atoms with Gasteiger partial charge in [-0.25, -0.2) is 0 Å². The highest BCUT2D eigenvalue weighted by Crippen LogP contribution is 2.23. The minimum absolute atomic E-state index is 0.0166. The van der Waals surface area contributed by atoms with Gasteiger partial charge in [-0.3, -0.25) is 4.79 Å². The summed E-state index contributed by atoms with van der Waals surface area (Å²) in [5.41, 5.74) is 3.38. The van der Waals surface area contributed by atoms with Gasteiger partial charge in [0.05, 0.1) is 18.1 Å². The molecular formula is C23H27N3O2S. The first-order valence-corrected chi connectivity index (χ1v) is 10.9. The predicted octanol–water partition coefficient (Wildman–Crippen LogP) is 4.59. The minimum atomic E-state index is -0.170. The van der Waals surface area contributed by atoms with Crippen LogP contribution < -0.4 is 10.1 Å². The van der Waals surface area contributed by atoms with E-state index in [2.05, 4.69) is 53.6 Å². The van der Waals surface area contributed by atoms with Gasteiger partial charge in [-0.15, -0.1) is 5.10 Å². The van der Waals surface area contributed by atoms with Crippen molar-refractivity contribution in [1.82, 2.24) is 5.32 Å². The molecule has 152 valence electrons. The fourth-order valence-corrected chi connectivity index (χ4v) is 3.81. The number of rotatable bonds is 9. The van der Waals surface area contributed by atoms with Gasteiger partial charge in [0.2, 0.25) is 5.91 Å². The monoisotopic (exact) mass is 409 g/mol. The molecule has 2 aromatic rings. The molecular weight excluding hydrogens is 382 g/mol. The number of unbranched alkanes of at least 4 members (excludes halogenated alkanes) is 1. The standard InChI is InChI=1S/C23H27N3O2S/c1-3-5-14-28-20-12-10-19(11-13-20)16-24-26-23-25-22(27)21(29-23)15-18-8-6-17(4-2)7-9-18/h6-13,16,21H,3-5,14-15H2,1-2H3,(H,25,26,27). The van der Waals surface area contributed by atoms with Crippen LogP contribution in [0.3, 0.4) is 0 Å². The SMILES string of the molecule is CCCCOc1ccc(C=NN=C2NC(=O)C(Cc3ccc(CC)cc3)S2)cc1. The zero-order valence-electron chi connectivity index (χ0n) is 16.9. The third-order valence-corrected chi connectivity index (χ3v) is 5.70. The summed E-state index contributed by atoms with van der Waals surface area (Å²) in [6.07, 6.45) is 5.54. The predicted molar refractivity (Wildman–Crippen MR) is 121 cm³/mol. The van der Waals surface area contributed by atoms with E-state index in [9.17, 15) is 4.79 Å². The van der Waals surface area contributed by atoms with E-state index in [1.54, 1.807) is 6.21 Å². The lowest BCUT2D eigenvalue weighted by molar-refractivity contribution is -0.118. The van der Waals surface area contributed by atoms with Crippen molar-refractivity contribution in [3.63, 3.8) is 0 Å². The highest BCUT2D eigenvalue weighted by atomic mass is 32.2. The Morgan fingerprint density at radius 2 is 1.79 bits per heavy atom. The number of benzene rings is 2. The normalized spacial score (nSPS) is 17.8. The van der Waals surface area contributed by atoms with E-state index in [1.165, 1.54) is 17.3 Å². The Morgan fingerprint density at radius 1 is 1.07 bits per heavy atom. The van der Waals surface area contributed by atoms with Crippen molar-refractivity contribution < 1.29 is 9.53 Å². The van der Waals surface area contributed by atoms with Crippen LogP contribution in [-0.2, 0) is 17.6 Å². The Labute approximate surface area is 176 Å². The van der Waals surface area contributed by atoms with E-state index in [-0.39, 0.29) is 11.2 Å². The number of hydrogen-bond donors (Lipinski definition) is 1. The Hall–Kier alpha value is -2.60. The van der Waals surface area contributed by atoms with Gasteiger partial charge < -0.3 is 10.1 Å². The van der Waals surface area contributed by atoms with Crippen molar-refractivity contribution in [1.29, 1.82) is 0 Å². The van der Waals surface area contributed by atoms with Crippen LogP contribution in [0.15, 0.2) is 58.7 Å². The molecule has 1 unspecified atom stereocenters. The number of carbonyl (C=O) groups is 1. The molecule has 1 heterocycles. The first-order valence-electron chi connectivity index (χ1n) is 10.1. The zero-order valence-corrected chi connectivity index (χ0v) is 17.7. The molecule has 2 aromatic carbocycles. The van der Waals surface area contributed by atoms with E-state index in [0.29, 0.717) is 11.6 Å². The molecule has 0 aliphatic carbocycles. The number of aryl methyl sites for hydroxylation is 1. The highest BCUT2D eigenvalue weighted by molar-refractivity contribution is 8.15. The summed E-state index contributed by atoms with van der Waals surface area (Å²) in [6, 6.07) is 16.2. The molecule has 1 fully saturated rings. The van der Waals surface area contributed by atoms with Crippen molar-refractivity contribution in [3.8, 4) is 5.75 Å². The van der Waals surface area contributed by atoms with Crippen molar-refractivity contribution in [2.75, 3.05) is 6.61 Å². The largest absolute Gasteiger partial charge is 0.494 e. The third kappa shape index (κ3) is 6.46. The van der Waals surface area contributed by atoms with Crippen LogP contribution in [0.5, 0.6) is 5.75 Å². The lowest BCUT2D eigenvalue weighted by atomic mass is 10.1. The number of carbonyl (C=O) groups excluding carboxylic acids is 1. The maximum Gasteiger partial charge on any atom is 0.239 e. The molecule has 1 saturated heterocycles.